The summed E-state index contributed by atoms with van der Waals surface area (Å²) < 4.78 is 57.9. The number of fused-ring (bicyclic) bond motifs is 6. The summed E-state index contributed by atoms with van der Waals surface area (Å²) in [6.07, 6.45) is 1.99. The Morgan fingerprint density at radius 3 is 2.32 bits per heavy atom. The van der Waals surface area contributed by atoms with Crippen molar-refractivity contribution in [3.63, 3.8) is 0 Å². The predicted molar refractivity (Wildman–Crippen MR) is 224 cm³/mol. The van der Waals surface area contributed by atoms with Gasteiger partial charge in [-0.1, -0.05) is 79.7 Å². The number of hydrogen-bond acceptors (Lipinski definition) is 3. The summed E-state index contributed by atoms with van der Waals surface area (Å²) in [5.41, 5.74) is 4.79. The molecule has 5 heteroatoms. The van der Waals surface area contributed by atoms with Gasteiger partial charge >= 0.3 is 120 Å². The summed E-state index contributed by atoms with van der Waals surface area (Å²) in [6.45, 7) is 7.33. The maximum absolute atomic E-state index is 9.04. The Bertz CT molecular complexity index is 2830. The maximum Gasteiger partial charge on any atom is 0.121 e. The van der Waals surface area contributed by atoms with Crippen molar-refractivity contribution in [3.8, 4) is 22.5 Å². The summed E-state index contributed by atoms with van der Waals surface area (Å²) >= 11 is -2.03. The van der Waals surface area contributed by atoms with E-state index in [0.29, 0.717) is 28.7 Å². The molecule has 0 bridgehead atoms. The Morgan fingerprint density at radius 1 is 0.830 bits per heavy atom. The van der Waals surface area contributed by atoms with Gasteiger partial charge < -0.3 is 9.40 Å². The number of nitrogens with zero attached hydrogens (tertiary/aromatic N) is 2. The van der Waals surface area contributed by atoms with Crippen LogP contribution < -0.4 is 4.40 Å². The largest absolute Gasteiger partial charge is 0.501 e. The Morgan fingerprint density at radius 2 is 1.60 bits per heavy atom. The van der Waals surface area contributed by atoms with Crippen molar-refractivity contribution in [2.75, 3.05) is 0 Å². The van der Waals surface area contributed by atoms with Crippen LogP contribution in [0.4, 0.5) is 0 Å². The van der Waals surface area contributed by atoms with Gasteiger partial charge in [0, 0.05) is 35.8 Å². The van der Waals surface area contributed by atoms with Crippen molar-refractivity contribution in [1.29, 1.82) is 0 Å². The van der Waals surface area contributed by atoms with Gasteiger partial charge in [0.25, 0.3) is 0 Å². The number of hydrogen-bond donors (Lipinski definition) is 0. The summed E-state index contributed by atoms with van der Waals surface area (Å²) in [4.78, 5) is 8.97. The first-order chi connectivity index (χ1) is 27.1. The van der Waals surface area contributed by atoms with E-state index in [0.717, 1.165) is 49.1 Å². The van der Waals surface area contributed by atoms with Crippen LogP contribution in [0.25, 0.3) is 66.0 Å². The fourth-order valence-corrected chi connectivity index (χ4v) is 10.1. The van der Waals surface area contributed by atoms with Gasteiger partial charge in [0.1, 0.15) is 5.58 Å². The minimum atomic E-state index is -2.54. The van der Waals surface area contributed by atoms with Crippen LogP contribution >= 0.6 is 0 Å². The average Bonchev–Trinajstić information content (AvgIpc) is 3.51. The van der Waals surface area contributed by atoms with Crippen molar-refractivity contribution in [3.05, 3.63) is 138 Å². The van der Waals surface area contributed by atoms with Crippen LogP contribution in [0.1, 0.15) is 65.4 Å². The molecular weight excluding hydrogens is 885 g/mol. The van der Waals surface area contributed by atoms with E-state index >= 15 is 0 Å². The van der Waals surface area contributed by atoms with Crippen LogP contribution in [0.2, 0.25) is 17.3 Å². The third-order valence-corrected chi connectivity index (χ3v) is 13.6. The molecule has 0 amide bonds. The number of aromatic nitrogens is 2. The molecule has 0 saturated heterocycles. The van der Waals surface area contributed by atoms with E-state index in [-0.39, 0.29) is 49.0 Å². The zero-order valence-electron chi connectivity index (χ0n) is 37.6. The Labute approximate surface area is 339 Å². The van der Waals surface area contributed by atoms with E-state index < -0.39 is 26.0 Å². The van der Waals surface area contributed by atoms with Gasteiger partial charge in [0.15, 0.2) is 0 Å². The normalized spacial score (nSPS) is 14.0. The maximum atomic E-state index is 9.04. The van der Waals surface area contributed by atoms with Crippen LogP contribution in [0, 0.1) is 24.4 Å². The molecule has 0 N–H and O–H groups in total. The second-order valence-electron chi connectivity index (χ2n) is 16.0. The van der Waals surface area contributed by atoms with Crippen LogP contribution in [-0.2, 0) is 26.5 Å². The van der Waals surface area contributed by atoms with Gasteiger partial charge in [-0.2, -0.15) is 0 Å². The SMILES string of the molecule is [2H]C(C)(C)c1cc(-c2[c-]cccc2)nc[c]1[Ge]([CH3])([CH3])[CH3].[2H]c1nc(-c2[c-]ccc3c2oc2cc4c(ccc5ccccc54)cc23)c([2H])c(CC(C)(C)C)c1C([2H])([2H])[2H].[Ir]. The third-order valence-electron chi connectivity index (χ3n) is 9.33. The minimum Gasteiger partial charge on any atom is -0.501 e. The molecule has 3 nitrogen and oxygen atoms in total. The molecule has 0 aliphatic heterocycles. The summed E-state index contributed by atoms with van der Waals surface area (Å²) in [7, 11) is 0. The predicted octanol–water partition coefficient (Wildman–Crippen LogP) is 12.9. The Balaban J connectivity index is 0.000000236. The zero-order valence-corrected chi connectivity index (χ0v) is 36.1. The molecule has 53 heavy (non-hydrogen) atoms. The molecule has 0 spiro atoms. The summed E-state index contributed by atoms with van der Waals surface area (Å²) in [6, 6.07) is 36.6. The van der Waals surface area contributed by atoms with Crippen LogP contribution in [0.5, 0.6) is 0 Å². The molecule has 0 unspecified atom stereocenters. The van der Waals surface area contributed by atoms with E-state index in [4.69, 9.17) is 12.6 Å². The molecule has 8 aromatic rings. The van der Waals surface area contributed by atoms with Gasteiger partial charge in [-0.05, 0) is 63.6 Å². The molecular formula is C48H48GeIrN2O-2. The number of furan rings is 1. The second kappa shape index (κ2) is 15.3. The first-order valence-electron chi connectivity index (χ1n) is 20.8. The van der Waals surface area contributed by atoms with E-state index in [2.05, 4.69) is 75.8 Å². The number of benzene rings is 5. The third kappa shape index (κ3) is 8.21. The molecule has 0 atom stereocenters. The van der Waals surface area contributed by atoms with Crippen molar-refractivity contribution in [2.24, 2.45) is 5.41 Å². The van der Waals surface area contributed by atoms with Crippen LogP contribution in [0.15, 0.2) is 114 Å². The smallest absolute Gasteiger partial charge is 0.121 e. The van der Waals surface area contributed by atoms with Crippen LogP contribution in [0.3, 0.4) is 0 Å². The molecule has 0 aliphatic carbocycles. The average molecular weight is 940 g/mol. The van der Waals surface area contributed by atoms with Gasteiger partial charge in [-0.25, -0.2) is 0 Å². The Hall–Kier alpha value is -4.09. The van der Waals surface area contributed by atoms with Gasteiger partial charge in [0.05, 0.1) is 8.32 Å². The Kier molecular flexibility index (Phi) is 9.05. The molecule has 0 fully saturated rings. The quantitative estimate of drug-likeness (QED) is 0.0980. The first-order valence-corrected chi connectivity index (χ1v) is 25.1. The van der Waals surface area contributed by atoms with E-state index in [1.165, 1.54) is 4.40 Å². The number of rotatable bonds is 5. The molecule has 271 valence electrons. The van der Waals surface area contributed by atoms with Crippen LogP contribution in [-0.4, -0.2) is 23.2 Å². The van der Waals surface area contributed by atoms with E-state index in [1.54, 1.807) is 6.07 Å². The zero-order chi connectivity index (χ0) is 41.9. The molecule has 5 aromatic carbocycles. The van der Waals surface area contributed by atoms with E-state index in [1.807, 2.05) is 89.3 Å². The van der Waals surface area contributed by atoms with Crippen molar-refractivity contribution in [1.82, 2.24) is 9.97 Å². The fraction of sp³-hybridized carbons (Fsp3) is 0.250. The molecule has 8 rings (SSSR count). The minimum absolute atomic E-state index is 0. The second-order valence-corrected chi connectivity index (χ2v) is 26.6. The van der Waals surface area contributed by atoms with Gasteiger partial charge in [-0.15, -0.1) is 18.2 Å². The van der Waals surface area contributed by atoms with Crippen molar-refractivity contribution >= 4 is 61.1 Å². The molecule has 3 heterocycles. The standard InChI is InChI=1S/C31H26NO.C17H22GeN.Ir/c1-19-18-32-28(15-22(19)17-31(2,3)4)25-11-7-10-24-27-14-21-13-12-20-8-5-6-9-23(20)26(21)16-29(27)33-30(24)25;1-13(2)15-11-17(14-9-7-6-8-10-14)19-12-16(15)18(3,4)5;/h5-10,12-16,18H,17H2,1-4H3;6-9,11-13H,1-5H3;/q2*-1;/i1D3,15D,18D;13D;. The molecule has 3 aromatic heterocycles. The van der Waals surface area contributed by atoms with Crippen molar-refractivity contribution in [2.45, 2.75) is 71.1 Å². The number of pyridine rings is 2. The first kappa shape index (κ1) is 31.3. The monoisotopic (exact) mass is 941 g/mol. The fourth-order valence-electron chi connectivity index (χ4n) is 6.78. The van der Waals surface area contributed by atoms with E-state index in [9.17, 15) is 0 Å². The topological polar surface area (TPSA) is 38.9 Å². The van der Waals surface area contributed by atoms with Gasteiger partial charge in [-0.3, -0.25) is 0 Å². The molecule has 0 aliphatic rings. The summed E-state index contributed by atoms with van der Waals surface area (Å²) in [5, 5.41) is 6.26. The molecule has 0 saturated carbocycles. The van der Waals surface area contributed by atoms with Crippen molar-refractivity contribution < 1.29 is 32.7 Å². The molecule has 1 radical (unpaired) electrons. The van der Waals surface area contributed by atoms with Gasteiger partial charge in [0.2, 0.25) is 0 Å². The summed E-state index contributed by atoms with van der Waals surface area (Å²) in [5.74, 6) is 6.45.